The van der Waals surface area contributed by atoms with Gasteiger partial charge >= 0.3 is 0 Å². The number of hydrogen-bond donors (Lipinski definition) is 1. The number of rotatable bonds is 6. The molecule has 0 unspecified atom stereocenters. The molecule has 24 heavy (non-hydrogen) atoms. The molecule has 2 atom stereocenters. The number of aromatic nitrogens is 4. The fourth-order valence-corrected chi connectivity index (χ4v) is 3.00. The first kappa shape index (κ1) is 16.4. The lowest BCUT2D eigenvalue weighted by Gasteiger charge is -2.25. The quantitative estimate of drug-likeness (QED) is 0.837. The Morgan fingerprint density at radius 2 is 2.25 bits per heavy atom. The summed E-state index contributed by atoms with van der Waals surface area (Å²) in [6, 6.07) is 2.05. The second-order valence-corrected chi connectivity index (χ2v) is 5.72. The minimum absolute atomic E-state index is 0.102. The Labute approximate surface area is 140 Å². The highest BCUT2D eigenvalue weighted by molar-refractivity contribution is 5.42. The molecule has 0 saturated carbocycles. The summed E-state index contributed by atoms with van der Waals surface area (Å²) in [6.07, 6.45) is 7.61. The van der Waals surface area contributed by atoms with Gasteiger partial charge in [0.1, 0.15) is 12.1 Å². The number of methoxy groups -OCH3 is 1. The molecule has 1 fully saturated rings. The third kappa shape index (κ3) is 3.38. The highest BCUT2D eigenvalue weighted by Crippen LogP contribution is 2.25. The first-order valence-electron chi connectivity index (χ1n) is 8.07. The molecular formula is C16H22N6O2. The molecular weight excluding hydrogens is 308 g/mol. The molecule has 2 aromatic rings. The van der Waals surface area contributed by atoms with Crippen molar-refractivity contribution in [3.63, 3.8) is 0 Å². The van der Waals surface area contributed by atoms with Crippen LogP contribution < -0.4 is 15.8 Å². The molecule has 0 spiro atoms. The molecule has 8 heteroatoms. The maximum absolute atomic E-state index is 12.3. The van der Waals surface area contributed by atoms with Gasteiger partial charge in [0.15, 0.2) is 5.82 Å². The van der Waals surface area contributed by atoms with Gasteiger partial charge in [0.05, 0.1) is 12.1 Å². The second kappa shape index (κ2) is 7.39. The van der Waals surface area contributed by atoms with Crippen molar-refractivity contribution in [2.45, 2.75) is 32.0 Å². The van der Waals surface area contributed by atoms with Crippen LogP contribution in [0.25, 0.3) is 0 Å². The average molecular weight is 330 g/mol. The Morgan fingerprint density at radius 1 is 1.38 bits per heavy atom. The normalized spacial score (nSPS) is 20.3. The van der Waals surface area contributed by atoms with E-state index in [-0.39, 0.29) is 17.7 Å². The van der Waals surface area contributed by atoms with Gasteiger partial charge in [-0.2, -0.15) is 0 Å². The van der Waals surface area contributed by atoms with E-state index in [1.807, 2.05) is 13.0 Å². The summed E-state index contributed by atoms with van der Waals surface area (Å²) in [6.45, 7) is 3.92. The molecule has 1 aliphatic heterocycles. The standard InChI is InChI=1S/C16H22N6O2/c1-3-21-7-6-18-15(16(21)23)19-9-12-8-13(24-2)10-22(12)14-4-5-17-11-20-14/h4-7,11-13H,3,8-10H2,1-2H3,(H,18,19)/t12-,13-/m1/s1. The van der Waals surface area contributed by atoms with Gasteiger partial charge in [-0.1, -0.05) is 0 Å². The van der Waals surface area contributed by atoms with Crippen LogP contribution >= 0.6 is 0 Å². The Kier molecular flexibility index (Phi) is 5.05. The highest BCUT2D eigenvalue weighted by Gasteiger charge is 2.33. The van der Waals surface area contributed by atoms with Crippen LogP contribution in [0, 0.1) is 0 Å². The van der Waals surface area contributed by atoms with Crippen molar-refractivity contribution in [1.82, 2.24) is 19.5 Å². The third-order valence-corrected chi connectivity index (χ3v) is 4.33. The van der Waals surface area contributed by atoms with E-state index in [9.17, 15) is 4.79 Å². The van der Waals surface area contributed by atoms with E-state index >= 15 is 0 Å². The molecule has 8 nitrogen and oxygen atoms in total. The van der Waals surface area contributed by atoms with Crippen LogP contribution in [-0.2, 0) is 11.3 Å². The van der Waals surface area contributed by atoms with Gasteiger partial charge in [-0.15, -0.1) is 0 Å². The van der Waals surface area contributed by atoms with Crippen LogP contribution in [0.5, 0.6) is 0 Å². The van der Waals surface area contributed by atoms with E-state index in [1.165, 1.54) is 0 Å². The Balaban J connectivity index is 1.74. The van der Waals surface area contributed by atoms with E-state index < -0.39 is 0 Å². The maximum atomic E-state index is 12.3. The third-order valence-electron chi connectivity index (χ3n) is 4.33. The predicted molar refractivity (Wildman–Crippen MR) is 91.2 cm³/mol. The number of aryl methyl sites for hydroxylation is 1. The van der Waals surface area contributed by atoms with Crippen molar-refractivity contribution in [2.75, 3.05) is 30.4 Å². The number of hydrogen-bond acceptors (Lipinski definition) is 7. The van der Waals surface area contributed by atoms with Crippen molar-refractivity contribution in [2.24, 2.45) is 0 Å². The molecule has 0 aliphatic carbocycles. The van der Waals surface area contributed by atoms with Gasteiger partial charge in [0.25, 0.3) is 5.56 Å². The molecule has 0 bridgehead atoms. The van der Waals surface area contributed by atoms with Gasteiger partial charge in [-0.3, -0.25) is 4.79 Å². The SMILES string of the molecule is CCn1ccnc(NC[C@H]2C[C@@H](OC)CN2c2ccncn2)c1=O. The molecule has 3 rings (SSSR count). The molecule has 3 heterocycles. The summed E-state index contributed by atoms with van der Waals surface area (Å²) in [5.41, 5.74) is -0.102. The van der Waals surface area contributed by atoms with Crippen LogP contribution in [0.4, 0.5) is 11.6 Å². The van der Waals surface area contributed by atoms with Crippen LogP contribution in [-0.4, -0.2) is 51.9 Å². The largest absolute Gasteiger partial charge is 0.380 e. The lowest BCUT2D eigenvalue weighted by Crippen LogP contribution is -2.37. The Hall–Kier alpha value is -2.48. The lowest BCUT2D eigenvalue weighted by molar-refractivity contribution is 0.118. The molecule has 1 saturated heterocycles. The Morgan fingerprint density at radius 3 is 2.96 bits per heavy atom. The minimum atomic E-state index is -0.102. The van der Waals surface area contributed by atoms with Gasteiger partial charge in [-0.05, 0) is 19.4 Å². The Bertz CT molecular complexity index is 720. The summed E-state index contributed by atoms with van der Waals surface area (Å²) in [5.74, 6) is 1.24. The van der Waals surface area contributed by atoms with Crippen LogP contribution in [0.15, 0.2) is 35.8 Å². The first-order valence-corrected chi connectivity index (χ1v) is 8.07. The monoisotopic (exact) mass is 330 g/mol. The zero-order valence-electron chi connectivity index (χ0n) is 13.9. The zero-order chi connectivity index (χ0) is 16.9. The summed E-state index contributed by atoms with van der Waals surface area (Å²) in [5, 5.41) is 3.19. The summed E-state index contributed by atoms with van der Waals surface area (Å²) >= 11 is 0. The van der Waals surface area contributed by atoms with Crippen molar-refractivity contribution >= 4 is 11.6 Å². The molecule has 2 aromatic heterocycles. The summed E-state index contributed by atoms with van der Waals surface area (Å²) in [7, 11) is 1.72. The second-order valence-electron chi connectivity index (χ2n) is 5.72. The van der Waals surface area contributed by atoms with E-state index in [0.717, 1.165) is 18.8 Å². The van der Waals surface area contributed by atoms with Gasteiger partial charge in [-0.25, -0.2) is 15.0 Å². The topological polar surface area (TPSA) is 85.2 Å². The van der Waals surface area contributed by atoms with Crippen molar-refractivity contribution in [3.05, 3.63) is 41.3 Å². The maximum Gasteiger partial charge on any atom is 0.293 e. The summed E-state index contributed by atoms with van der Waals surface area (Å²) < 4.78 is 7.14. The summed E-state index contributed by atoms with van der Waals surface area (Å²) in [4.78, 5) is 26.9. The molecule has 0 aromatic carbocycles. The fourth-order valence-electron chi connectivity index (χ4n) is 3.00. The zero-order valence-corrected chi connectivity index (χ0v) is 13.9. The van der Waals surface area contributed by atoms with Gasteiger partial charge < -0.3 is 19.5 Å². The number of nitrogens with one attached hydrogen (secondary N) is 1. The van der Waals surface area contributed by atoms with E-state index in [4.69, 9.17) is 4.74 Å². The van der Waals surface area contributed by atoms with Gasteiger partial charge in [0.2, 0.25) is 0 Å². The lowest BCUT2D eigenvalue weighted by atomic mass is 10.2. The first-order chi connectivity index (χ1) is 11.7. The van der Waals surface area contributed by atoms with Crippen LogP contribution in [0.1, 0.15) is 13.3 Å². The smallest absolute Gasteiger partial charge is 0.293 e. The minimum Gasteiger partial charge on any atom is -0.380 e. The van der Waals surface area contributed by atoms with E-state index in [1.54, 1.807) is 36.6 Å². The molecule has 1 N–H and O–H groups in total. The molecule has 128 valence electrons. The van der Waals surface area contributed by atoms with Gasteiger partial charge in [0, 0.05) is 45.3 Å². The predicted octanol–water partition coefficient (Wildman–Crippen LogP) is 0.759. The van der Waals surface area contributed by atoms with Crippen LogP contribution in [0.2, 0.25) is 0 Å². The van der Waals surface area contributed by atoms with E-state index in [0.29, 0.717) is 18.9 Å². The molecule has 1 aliphatic rings. The fraction of sp³-hybridized carbons (Fsp3) is 0.500. The number of nitrogens with zero attached hydrogens (tertiary/aromatic N) is 5. The number of anilines is 2. The van der Waals surface area contributed by atoms with Crippen LogP contribution in [0.3, 0.4) is 0 Å². The highest BCUT2D eigenvalue weighted by atomic mass is 16.5. The van der Waals surface area contributed by atoms with Crippen molar-refractivity contribution in [1.29, 1.82) is 0 Å². The van der Waals surface area contributed by atoms with Crippen molar-refractivity contribution in [3.8, 4) is 0 Å². The van der Waals surface area contributed by atoms with E-state index in [2.05, 4.69) is 25.2 Å². The molecule has 0 radical (unpaired) electrons. The average Bonchev–Trinajstić information content (AvgIpc) is 3.05. The van der Waals surface area contributed by atoms with Crippen molar-refractivity contribution < 1.29 is 4.74 Å². The number of ether oxygens (including phenoxy) is 1. The molecule has 0 amide bonds.